The second-order valence-electron chi connectivity index (χ2n) is 3.91. The molecular weight excluding hydrogens is 229 g/mol. The lowest BCUT2D eigenvalue weighted by atomic mass is 10.1. The van der Waals surface area contributed by atoms with Crippen molar-refractivity contribution in [3.63, 3.8) is 0 Å². The fraction of sp³-hybridized carbons (Fsp3) is 0.250. The predicted octanol–water partition coefficient (Wildman–Crippen LogP) is 3.41. The maximum absolute atomic E-state index is 12.5. The van der Waals surface area contributed by atoms with Crippen molar-refractivity contribution in [2.24, 2.45) is 7.05 Å². The van der Waals surface area contributed by atoms with Crippen LogP contribution < -0.4 is 0 Å². The molecule has 0 saturated heterocycles. The minimum Gasteiger partial charge on any atom is -0.267 e. The van der Waals surface area contributed by atoms with E-state index >= 15 is 0 Å². The van der Waals surface area contributed by atoms with Crippen molar-refractivity contribution in [2.45, 2.75) is 13.1 Å². The Labute approximate surface area is 96.7 Å². The number of halogens is 3. The molecule has 0 saturated carbocycles. The van der Waals surface area contributed by atoms with Crippen LogP contribution in [-0.2, 0) is 13.2 Å². The zero-order chi connectivity index (χ0) is 12.6. The molecule has 0 aliphatic carbocycles. The van der Waals surface area contributed by atoms with E-state index in [1.165, 1.54) is 11.7 Å². The first kappa shape index (κ1) is 11.7. The Balaban J connectivity index is 2.50. The number of benzene rings is 1. The van der Waals surface area contributed by atoms with Crippen molar-refractivity contribution in [3.8, 4) is 11.3 Å². The number of nitrogens with zero attached hydrogens (tertiary/aromatic N) is 2. The molecule has 2 nitrogen and oxygen atoms in total. The third-order valence-corrected chi connectivity index (χ3v) is 2.48. The van der Waals surface area contributed by atoms with Gasteiger partial charge in [0, 0.05) is 12.6 Å². The van der Waals surface area contributed by atoms with Gasteiger partial charge in [-0.25, -0.2) is 0 Å². The van der Waals surface area contributed by atoms with Gasteiger partial charge in [0.15, 0.2) is 5.69 Å². The SMILES string of the molecule is Cc1cccc(-c2cc(C(F)(F)F)nn2C)c1. The average molecular weight is 240 g/mol. The molecule has 5 heteroatoms. The third kappa shape index (κ3) is 2.33. The standard InChI is InChI=1S/C12H11F3N2/c1-8-4-3-5-9(6-8)10-7-11(12(13,14)15)16-17(10)2/h3-7H,1-2H3. The highest BCUT2D eigenvalue weighted by atomic mass is 19.4. The van der Waals surface area contributed by atoms with Crippen molar-refractivity contribution >= 4 is 0 Å². The molecule has 0 amide bonds. The monoisotopic (exact) mass is 240 g/mol. The van der Waals surface area contributed by atoms with Gasteiger partial charge in [-0.3, -0.25) is 4.68 Å². The number of hydrogen-bond acceptors (Lipinski definition) is 1. The van der Waals surface area contributed by atoms with Gasteiger partial charge in [-0.15, -0.1) is 0 Å². The first-order valence-electron chi connectivity index (χ1n) is 5.06. The molecule has 0 unspecified atom stereocenters. The molecule has 2 aromatic rings. The summed E-state index contributed by atoms with van der Waals surface area (Å²) >= 11 is 0. The summed E-state index contributed by atoms with van der Waals surface area (Å²) in [6.07, 6.45) is -4.40. The van der Waals surface area contributed by atoms with Crippen molar-refractivity contribution in [3.05, 3.63) is 41.6 Å². The van der Waals surface area contributed by atoms with Gasteiger partial charge in [0.2, 0.25) is 0 Å². The highest BCUT2D eigenvalue weighted by molar-refractivity contribution is 5.61. The third-order valence-electron chi connectivity index (χ3n) is 2.48. The molecule has 0 aliphatic heterocycles. The van der Waals surface area contributed by atoms with Gasteiger partial charge in [0.25, 0.3) is 0 Å². The van der Waals surface area contributed by atoms with Crippen LogP contribution in [0.5, 0.6) is 0 Å². The highest BCUT2D eigenvalue weighted by Crippen LogP contribution is 2.31. The molecule has 1 heterocycles. The molecule has 0 radical (unpaired) electrons. The summed E-state index contributed by atoms with van der Waals surface area (Å²) in [6.45, 7) is 1.89. The largest absolute Gasteiger partial charge is 0.435 e. The number of alkyl halides is 3. The van der Waals surface area contributed by atoms with Gasteiger partial charge in [0.05, 0.1) is 5.69 Å². The lowest BCUT2D eigenvalue weighted by Gasteiger charge is -2.02. The van der Waals surface area contributed by atoms with Crippen LogP contribution in [0.4, 0.5) is 13.2 Å². The number of aryl methyl sites for hydroxylation is 2. The zero-order valence-corrected chi connectivity index (χ0v) is 9.42. The quantitative estimate of drug-likeness (QED) is 0.746. The molecule has 2 rings (SSSR count). The lowest BCUT2D eigenvalue weighted by Crippen LogP contribution is -2.06. The van der Waals surface area contributed by atoms with Crippen molar-refractivity contribution in [2.75, 3.05) is 0 Å². The van der Waals surface area contributed by atoms with Crippen LogP contribution in [0.1, 0.15) is 11.3 Å². The first-order chi connectivity index (χ1) is 7.88. The van der Waals surface area contributed by atoms with E-state index in [4.69, 9.17) is 0 Å². The van der Waals surface area contributed by atoms with E-state index in [0.29, 0.717) is 5.69 Å². The van der Waals surface area contributed by atoms with Crippen LogP contribution in [-0.4, -0.2) is 9.78 Å². The molecular formula is C12H11F3N2. The van der Waals surface area contributed by atoms with Crippen molar-refractivity contribution in [1.29, 1.82) is 0 Å². The summed E-state index contributed by atoms with van der Waals surface area (Å²) in [5, 5.41) is 3.48. The van der Waals surface area contributed by atoms with Gasteiger partial charge in [-0.05, 0) is 19.1 Å². The molecule has 0 aliphatic rings. The maximum atomic E-state index is 12.5. The molecule has 90 valence electrons. The van der Waals surface area contributed by atoms with Gasteiger partial charge >= 0.3 is 6.18 Å². The smallest absolute Gasteiger partial charge is 0.267 e. The van der Waals surface area contributed by atoms with Gasteiger partial charge in [-0.1, -0.05) is 23.8 Å². The van der Waals surface area contributed by atoms with E-state index in [2.05, 4.69) is 5.10 Å². The molecule has 0 fully saturated rings. The Morgan fingerprint density at radius 2 is 1.88 bits per heavy atom. The van der Waals surface area contributed by atoms with E-state index in [0.717, 1.165) is 17.2 Å². The minimum atomic E-state index is -4.40. The highest BCUT2D eigenvalue weighted by Gasteiger charge is 2.34. The summed E-state index contributed by atoms with van der Waals surface area (Å²) in [4.78, 5) is 0. The van der Waals surface area contributed by atoms with Crippen LogP contribution >= 0.6 is 0 Å². The van der Waals surface area contributed by atoms with Crippen LogP contribution in [0.2, 0.25) is 0 Å². The lowest BCUT2D eigenvalue weighted by molar-refractivity contribution is -0.141. The van der Waals surface area contributed by atoms with E-state index in [1.54, 1.807) is 6.07 Å². The molecule has 0 spiro atoms. The van der Waals surface area contributed by atoms with Crippen molar-refractivity contribution in [1.82, 2.24) is 9.78 Å². The second-order valence-corrected chi connectivity index (χ2v) is 3.91. The molecule has 1 aromatic carbocycles. The molecule has 1 aromatic heterocycles. The van der Waals surface area contributed by atoms with Crippen molar-refractivity contribution < 1.29 is 13.2 Å². The average Bonchev–Trinajstić information content (AvgIpc) is 2.60. The van der Waals surface area contributed by atoms with Crippen LogP contribution in [0.3, 0.4) is 0 Å². The summed E-state index contributed by atoms with van der Waals surface area (Å²) in [5.74, 6) is 0. The van der Waals surface area contributed by atoms with Gasteiger partial charge in [-0.2, -0.15) is 18.3 Å². The topological polar surface area (TPSA) is 17.8 Å². The maximum Gasteiger partial charge on any atom is 0.435 e. The molecule has 0 atom stereocenters. The van der Waals surface area contributed by atoms with Crippen LogP contribution in [0.25, 0.3) is 11.3 Å². The molecule has 0 N–H and O–H groups in total. The number of hydrogen-bond donors (Lipinski definition) is 0. The van der Waals surface area contributed by atoms with E-state index < -0.39 is 11.9 Å². The minimum absolute atomic E-state index is 0.459. The first-order valence-corrected chi connectivity index (χ1v) is 5.06. The summed E-state index contributed by atoms with van der Waals surface area (Å²) < 4.78 is 38.7. The fourth-order valence-electron chi connectivity index (χ4n) is 1.68. The normalized spacial score (nSPS) is 11.8. The Bertz CT molecular complexity index is 541. The number of aromatic nitrogens is 2. The van der Waals surface area contributed by atoms with Crippen LogP contribution in [0, 0.1) is 6.92 Å². The predicted molar refractivity (Wildman–Crippen MR) is 58.4 cm³/mol. The molecule has 17 heavy (non-hydrogen) atoms. The van der Waals surface area contributed by atoms with Crippen LogP contribution in [0.15, 0.2) is 30.3 Å². The fourth-order valence-corrected chi connectivity index (χ4v) is 1.68. The summed E-state index contributed by atoms with van der Waals surface area (Å²) in [5.41, 5.74) is 1.32. The van der Waals surface area contributed by atoms with E-state index in [1.807, 2.05) is 25.1 Å². The second kappa shape index (κ2) is 3.91. The number of rotatable bonds is 1. The molecule has 0 bridgehead atoms. The van der Waals surface area contributed by atoms with Gasteiger partial charge < -0.3 is 0 Å². The summed E-state index contributed by atoms with van der Waals surface area (Å²) in [7, 11) is 1.51. The van der Waals surface area contributed by atoms with E-state index in [9.17, 15) is 13.2 Å². The van der Waals surface area contributed by atoms with E-state index in [-0.39, 0.29) is 0 Å². The zero-order valence-electron chi connectivity index (χ0n) is 9.42. The Morgan fingerprint density at radius 3 is 2.41 bits per heavy atom. The summed E-state index contributed by atoms with van der Waals surface area (Å²) in [6, 6.07) is 8.37. The Hall–Kier alpha value is -1.78. The van der Waals surface area contributed by atoms with Gasteiger partial charge in [0.1, 0.15) is 0 Å². The Kier molecular flexibility index (Phi) is 2.69. The Morgan fingerprint density at radius 1 is 1.18 bits per heavy atom.